The fraction of sp³-hybridized carbons (Fsp3) is 0.500. The van der Waals surface area contributed by atoms with Crippen LogP contribution in [0.5, 0.6) is 0 Å². The molecule has 0 atom stereocenters. The molecule has 1 fully saturated rings. The Hall–Kier alpha value is -1.62. The summed E-state index contributed by atoms with van der Waals surface area (Å²) in [5.41, 5.74) is 5.80. The average Bonchev–Trinajstić information content (AvgIpc) is 2.28. The summed E-state index contributed by atoms with van der Waals surface area (Å²) in [6, 6.07) is 3.46. The number of piperazine rings is 1. The predicted molar refractivity (Wildman–Crippen MR) is 67.0 cm³/mol. The molecular formula is C12H18N4O. The molecule has 0 aromatic carbocycles. The van der Waals surface area contributed by atoms with Crippen molar-refractivity contribution in [2.75, 3.05) is 24.5 Å². The van der Waals surface area contributed by atoms with Gasteiger partial charge in [-0.15, -0.1) is 0 Å². The normalized spacial score (nSPS) is 19.1. The Morgan fingerprint density at radius 2 is 2.35 bits per heavy atom. The Kier molecular flexibility index (Phi) is 3.02. The third-order valence-electron chi connectivity index (χ3n) is 3.11. The number of carbonyl (C=O) groups excluding carboxylic acids is 1. The fourth-order valence-corrected chi connectivity index (χ4v) is 2.18. The zero-order valence-electron chi connectivity index (χ0n) is 10.2. The van der Waals surface area contributed by atoms with E-state index in [4.69, 9.17) is 5.73 Å². The highest BCUT2D eigenvalue weighted by atomic mass is 16.1. The van der Waals surface area contributed by atoms with Crippen molar-refractivity contribution in [3.8, 4) is 0 Å². The van der Waals surface area contributed by atoms with E-state index in [0.717, 1.165) is 19.6 Å². The number of nitrogens with one attached hydrogen (secondary N) is 1. The van der Waals surface area contributed by atoms with E-state index >= 15 is 0 Å². The van der Waals surface area contributed by atoms with Gasteiger partial charge in [-0.05, 0) is 26.0 Å². The van der Waals surface area contributed by atoms with Crippen LogP contribution in [0, 0.1) is 0 Å². The lowest BCUT2D eigenvalue weighted by Gasteiger charge is -2.44. The summed E-state index contributed by atoms with van der Waals surface area (Å²) in [5.74, 6) is 0.258. The number of hydrogen-bond acceptors (Lipinski definition) is 4. The third-order valence-corrected chi connectivity index (χ3v) is 3.11. The first-order valence-corrected chi connectivity index (χ1v) is 5.75. The third kappa shape index (κ3) is 2.24. The van der Waals surface area contributed by atoms with Crippen LogP contribution >= 0.6 is 0 Å². The number of primary amides is 1. The van der Waals surface area contributed by atoms with Gasteiger partial charge in [0.2, 0.25) is 0 Å². The van der Waals surface area contributed by atoms with Crippen LogP contribution in [-0.2, 0) is 0 Å². The zero-order chi connectivity index (χ0) is 12.5. The van der Waals surface area contributed by atoms with Crippen LogP contribution in [0.25, 0.3) is 0 Å². The minimum absolute atomic E-state index is 0.0726. The van der Waals surface area contributed by atoms with E-state index in [0.29, 0.717) is 11.4 Å². The minimum atomic E-state index is -0.428. The number of nitrogens with two attached hydrogens (primary N) is 1. The lowest BCUT2D eigenvalue weighted by Crippen LogP contribution is -2.58. The molecule has 0 bridgehead atoms. The molecule has 3 N–H and O–H groups in total. The number of nitrogens with zero attached hydrogens (tertiary/aromatic N) is 2. The van der Waals surface area contributed by atoms with Crippen molar-refractivity contribution >= 4 is 11.7 Å². The lowest BCUT2D eigenvalue weighted by molar-refractivity contribution is 0.1000. The van der Waals surface area contributed by atoms with Gasteiger partial charge in [-0.2, -0.15) is 0 Å². The van der Waals surface area contributed by atoms with E-state index < -0.39 is 5.91 Å². The standard InChI is InChI=1S/C12H18N4O/c1-12(2)8-14-6-7-16(12)11-9(10(13)17)4-3-5-15-11/h3-5,14H,6-8H2,1-2H3,(H2,13,17). The molecule has 1 saturated heterocycles. The summed E-state index contributed by atoms with van der Waals surface area (Å²) in [5, 5.41) is 3.34. The SMILES string of the molecule is CC1(C)CNCCN1c1ncccc1C(N)=O. The van der Waals surface area contributed by atoms with Crippen LogP contribution in [0.15, 0.2) is 18.3 Å². The smallest absolute Gasteiger partial charge is 0.252 e. The molecule has 5 nitrogen and oxygen atoms in total. The second-order valence-electron chi connectivity index (χ2n) is 4.88. The summed E-state index contributed by atoms with van der Waals surface area (Å²) >= 11 is 0. The summed E-state index contributed by atoms with van der Waals surface area (Å²) in [7, 11) is 0. The molecule has 1 aliphatic rings. The molecule has 5 heteroatoms. The van der Waals surface area contributed by atoms with Crippen molar-refractivity contribution in [1.82, 2.24) is 10.3 Å². The van der Waals surface area contributed by atoms with Crippen LogP contribution in [0.3, 0.4) is 0 Å². The first-order chi connectivity index (χ1) is 8.02. The van der Waals surface area contributed by atoms with Gasteiger partial charge in [-0.25, -0.2) is 4.98 Å². The Morgan fingerprint density at radius 3 is 3.00 bits per heavy atom. The van der Waals surface area contributed by atoms with Crippen LogP contribution in [-0.4, -0.2) is 36.1 Å². The molecule has 1 aromatic heterocycles. The maximum absolute atomic E-state index is 11.4. The van der Waals surface area contributed by atoms with Gasteiger partial charge in [-0.3, -0.25) is 4.79 Å². The number of rotatable bonds is 2. The molecule has 0 aliphatic carbocycles. The van der Waals surface area contributed by atoms with Crippen molar-refractivity contribution in [1.29, 1.82) is 0 Å². The quantitative estimate of drug-likeness (QED) is 0.775. The van der Waals surface area contributed by atoms with Gasteiger partial charge in [0.25, 0.3) is 5.91 Å². The van der Waals surface area contributed by atoms with Crippen LogP contribution in [0.1, 0.15) is 24.2 Å². The van der Waals surface area contributed by atoms with Gasteiger partial charge in [0.15, 0.2) is 0 Å². The Morgan fingerprint density at radius 1 is 1.59 bits per heavy atom. The van der Waals surface area contributed by atoms with Crippen LogP contribution in [0.4, 0.5) is 5.82 Å². The van der Waals surface area contributed by atoms with Crippen molar-refractivity contribution in [2.24, 2.45) is 5.73 Å². The molecule has 1 aromatic rings. The maximum Gasteiger partial charge on any atom is 0.252 e. The summed E-state index contributed by atoms with van der Waals surface area (Å²) in [4.78, 5) is 17.9. The Balaban J connectivity index is 2.42. The Labute approximate surface area is 101 Å². The van der Waals surface area contributed by atoms with Crippen molar-refractivity contribution in [2.45, 2.75) is 19.4 Å². The largest absolute Gasteiger partial charge is 0.365 e. The second kappa shape index (κ2) is 4.33. The van der Waals surface area contributed by atoms with Gasteiger partial charge in [0.05, 0.1) is 5.56 Å². The summed E-state index contributed by atoms with van der Waals surface area (Å²) in [6.07, 6.45) is 1.69. The fourth-order valence-electron chi connectivity index (χ4n) is 2.18. The molecule has 0 saturated carbocycles. The van der Waals surface area contributed by atoms with Gasteiger partial charge in [0, 0.05) is 31.4 Å². The molecule has 1 aliphatic heterocycles. The Bertz CT molecular complexity index is 430. The molecule has 0 radical (unpaired) electrons. The van der Waals surface area contributed by atoms with Crippen LogP contribution in [0.2, 0.25) is 0 Å². The number of anilines is 1. The highest BCUT2D eigenvalue weighted by molar-refractivity contribution is 5.97. The lowest BCUT2D eigenvalue weighted by atomic mass is 9.99. The molecule has 17 heavy (non-hydrogen) atoms. The molecular weight excluding hydrogens is 216 g/mol. The monoisotopic (exact) mass is 234 g/mol. The van der Waals surface area contributed by atoms with E-state index in [1.165, 1.54) is 0 Å². The number of pyridine rings is 1. The second-order valence-corrected chi connectivity index (χ2v) is 4.88. The van der Waals surface area contributed by atoms with E-state index in [1.54, 1.807) is 18.3 Å². The first kappa shape index (κ1) is 11.9. The van der Waals surface area contributed by atoms with E-state index in [2.05, 4.69) is 29.0 Å². The van der Waals surface area contributed by atoms with Crippen LogP contribution < -0.4 is 16.0 Å². The van der Waals surface area contributed by atoms with Gasteiger partial charge < -0.3 is 16.0 Å². The number of carbonyl (C=O) groups is 1. The molecule has 2 rings (SSSR count). The van der Waals surface area contributed by atoms with Crippen molar-refractivity contribution < 1.29 is 4.79 Å². The van der Waals surface area contributed by atoms with Gasteiger partial charge in [0.1, 0.15) is 5.82 Å². The highest BCUT2D eigenvalue weighted by Gasteiger charge is 2.32. The maximum atomic E-state index is 11.4. The number of hydrogen-bond donors (Lipinski definition) is 2. The predicted octanol–water partition coefficient (Wildman–Crippen LogP) is 0.369. The van der Waals surface area contributed by atoms with E-state index in [1.807, 2.05) is 0 Å². The first-order valence-electron chi connectivity index (χ1n) is 5.75. The van der Waals surface area contributed by atoms with Crippen molar-refractivity contribution in [3.63, 3.8) is 0 Å². The zero-order valence-corrected chi connectivity index (χ0v) is 10.2. The van der Waals surface area contributed by atoms with Gasteiger partial charge in [-0.1, -0.05) is 0 Å². The number of amides is 1. The average molecular weight is 234 g/mol. The minimum Gasteiger partial charge on any atom is -0.365 e. The summed E-state index contributed by atoms with van der Waals surface area (Å²) in [6.45, 7) is 6.82. The topological polar surface area (TPSA) is 71.2 Å². The van der Waals surface area contributed by atoms with E-state index in [-0.39, 0.29) is 5.54 Å². The van der Waals surface area contributed by atoms with E-state index in [9.17, 15) is 4.79 Å². The molecule has 2 heterocycles. The molecule has 92 valence electrons. The number of aromatic nitrogens is 1. The van der Waals surface area contributed by atoms with Crippen molar-refractivity contribution in [3.05, 3.63) is 23.9 Å². The summed E-state index contributed by atoms with van der Waals surface area (Å²) < 4.78 is 0. The molecule has 1 amide bonds. The molecule has 0 unspecified atom stereocenters. The highest BCUT2D eigenvalue weighted by Crippen LogP contribution is 2.26. The van der Waals surface area contributed by atoms with Gasteiger partial charge >= 0.3 is 0 Å². The molecule has 0 spiro atoms.